The Morgan fingerprint density at radius 1 is 1.04 bits per heavy atom. The van der Waals surface area contributed by atoms with Crippen LogP contribution >= 0.6 is 0 Å². The molecule has 3 heterocycles. The Labute approximate surface area is 276 Å². The van der Waals surface area contributed by atoms with Gasteiger partial charge in [0.25, 0.3) is 0 Å². The van der Waals surface area contributed by atoms with Crippen molar-refractivity contribution in [3.05, 3.63) is 71.9 Å². The van der Waals surface area contributed by atoms with Gasteiger partial charge in [0.05, 0.1) is 25.4 Å². The number of nitrogens with zero attached hydrogens (tertiary/aromatic N) is 5. The molecule has 250 valence electrons. The lowest BCUT2D eigenvalue weighted by Gasteiger charge is -2.27. The predicted octanol–water partition coefficient (Wildman–Crippen LogP) is 5.67. The van der Waals surface area contributed by atoms with Crippen LogP contribution in [-0.4, -0.2) is 88.7 Å². The highest BCUT2D eigenvalue weighted by Gasteiger charge is 2.42. The molecular weight excluding hydrogens is 596 g/mol. The summed E-state index contributed by atoms with van der Waals surface area (Å²) in [6.45, 7) is 7.49. The topological polar surface area (TPSA) is 111 Å². The fraction of sp³-hybridized carbons (Fsp3) is 0.444. The number of likely N-dealkylation sites (tertiary alicyclic amines) is 1. The number of pyridine rings is 1. The molecule has 5 rings (SSSR count). The van der Waals surface area contributed by atoms with Gasteiger partial charge in [-0.1, -0.05) is 30.3 Å². The van der Waals surface area contributed by atoms with E-state index in [0.29, 0.717) is 12.2 Å². The summed E-state index contributed by atoms with van der Waals surface area (Å²) in [7, 11) is 7.15. The molecule has 4 aromatic rings. The van der Waals surface area contributed by atoms with E-state index in [2.05, 4.69) is 35.5 Å². The van der Waals surface area contributed by atoms with Gasteiger partial charge >= 0.3 is 12.1 Å². The minimum absolute atomic E-state index is 0.214. The van der Waals surface area contributed by atoms with Crippen LogP contribution in [0.1, 0.15) is 44.9 Å². The summed E-state index contributed by atoms with van der Waals surface area (Å²) in [5.41, 5.74) is 4.48. The van der Waals surface area contributed by atoms with Gasteiger partial charge in [0, 0.05) is 49.2 Å². The van der Waals surface area contributed by atoms with Crippen molar-refractivity contribution >= 4 is 28.8 Å². The molecule has 0 radical (unpaired) electrons. The predicted molar refractivity (Wildman–Crippen MR) is 182 cm³/mol. The number of esters is 1. The minimum atomic E-state index is -0.738. The molecule has 1 fully saturated rings. The first-order valence-electron chi connectivity index (χ1n) is 16.0. The van der Waals surface area contributed by atoms with E-state index in [9.17, 15) is 9.59 Å². The molecule has 1 aliphatic heterocycles. The van der Waals surface area contributed by atoms with Crippen LogP contribution in [-0.2, 0) is 34.3 Å². The van der Waals surface area contributed by atoms with Gasteiger partial charge in [-0.3, -0.25) is 9.58 Å². The summed E-state index contributed by atoms with van der Waals surface area (Å²) in [5.74, 6) is 1.05. The van der Waals surface area contributed by atoms with E-state index in [1.165, 1.54) is 23.3 Å². The number of methoxy groups -OCH3 is 2. The van der Waals surface area contributed by atoms with Crippen molar-refractivity contribution in [2.24, 2.45) is 7.05 Å². The molecular formula is C36H46N6O5. The molecule has 2 unspecified atom stereocenters. The third-order valence-electron chi connectivity index (χ3n) is 8.32. The molecule has 1 saturated heterocycles. The summed E-state index contributed by atoms with van der Waals surface area (Å²) in [5, 5.41) is 9.37. The van der Waals surface area contributed by atoms with E-state index in [-0.39, 0.29) is 12.6 Å². The quantitative estimate of drug-likeness (QED) is 0.207. The first-order valence-corrected chi connectivity index (χ1v) is 16.0. The number of aromatic nitrogens is 3. The normalized spacial score (nSPS) is 16.5. The van der Waals surface area contributed by atoms with Crippen molar-refractivity contribution in [3.63, 3.8) is 0 Å². The molecule has 0 aliphatic carbocycles. The lowest BCUT2D eigenvalue weighted by Crippen LogP contribution is -2.44. The summed E-state index contributed by atoms with van der Waals surface area (Å²) in [6.07, 6.45) is 1.68. The number of hydrogen-bond acceptors (Lipinski definition) is 9. The summed E-state index contributed by atoms with van der Waals surface area (Å²) in [6, 6.07) is 19.2. The van der Waals surface area contributed by atoms with Crippen LogP contribution < -0.4 is 10.1 Å². The number of benzene rings is 2. The van der Waals surface area contributed by atoms with Gasteiger partial charge in [-0.15, -0.1) is 0 Å². The standard InChI is InChI=1S/C36H46N6O5/c1-36(2,3)47-35(44)42-23-25(21-31(42)34(43)46-7)37-32-15-9-12-28(38-32)27-11-8-13-29-33(27)30(41(5)39-29)14-10-20-40(4)22-24-16-18-26(45-6)19-17-24/h8-9,11-13,15-19,25,31H,10,14,20-23H2,1-7H3,(H,37,38). The van der Waals surface area contributed by atoms with Crippen molar-refractivity contribution in [3.8, 4) is 17.0 Å². The van der Waals surface area contributed by atoms with E-state index in [0.717, 1.165) is 53.8 Å². The van der Waals surface area contributed by atoms with E-state index < -0.39 is 23.7 Å². The SMILES string of the molecule is COC(=O)C1CC(Nc2cccc(-c3cccc4nn(C)c(CCCN(C)Cc5ccc(OC)cc5)c34)n2)CN1C(=O)OC(C)(C)C. The molecule has 2 aromatic carbocycles. The van der Waals surface area contributed by atoms with Crippen LogP contribution in [0.25, 0.3) is 22.2 Å². The number of rotatable bonds is 11. The van der Waals surface area contributed by atoms with Crippen LogP contribution in [0.3, 0.4) is 0 Å². The Hall–Kier alpha value is -4.64. The lowest BCUT2D eigenvalue weighted by molar-refractivity contribution is -0.145. The Morgan fingerprint density at radius 2 is 1.79 bits per heavy atom. The van der Waals surface area contributed by atoms with Crippen LogP contribution in [0.4, 0.5) is 10.6 Å². The average molecular weight is 643 g/mol. The van der Waals surface area contributed by atoms with Crippen molar-refractivity contribution in [2.45, 2.75) is 64.3 Å². The largest absolute Gasteiger partial charge is 0.497 e. The maximum atomic E-state index is 12.9. The van der Waals surface area contributed by atoms with Gasteiger partial charge in [-0.05, 0) is 83.1 Å². The van der Waals surface area contributed by atoms with Gasteiger partial charge in [0.15, 0.2) is 0 Å². The highest BCUT2D eigenvalue weighted by Crippen LogP contribution is 2.32. The van der Waals surface area contributed by atoms with Crippen LogP contribution in [0.5, 0.6) is 5.75 Å². The second kappa shape index (κ2) is 14.4. The number of anilines is 1. The van der Waals surface area contributed by atoms with Gasteiger partial charge in [0.1, 0.15) is 23.2 Å². The van der Waals surface area contributed by atoms with Crippen LogP contribution in [0.2, 0.25) is 0 Å². The second-order valence-electron chi connectivity index (χ2n) is 13.1. The van der Waals surface area contributed by atoms with E-state index in [1.54, 1.807) is 27.9 Å². The van der Waals surface area contributed by atoms with Gasteiger partial charge in [-0.2, -0.15) is 5.10 Å². The Bertz CT molecular complexity index is 1700. The Morgan fingerprint density at radius 3 is 2.49 bits per heavy atom. The molecule has 0 saturated carbocycles. The third kappa shape index (κ3) is 8.21. The minimum Gasteiger partial charge on any atom is -0.497 e. The zero-order valence-corrected chi connectivity index (χ0v) is 28.4. The molecule has 2 atom stereocenters. The first kappa shape index (κ1) is 33.7. The zero-order valence-electron chi connectivity index (χ0n) is 28.4. The maximum absolute atomic E-state index is 12.9. The number of carbonyl (C=O) groups excluding carboxylic acids is 2. The van der Waals surface area contributed by atoms with E-state index in [1.807, 2.05) is 54.2 Å². The molecule has 1 N–H and O–H groups in total. The molecule has 2 aromatic heterocycles. The lowest BCUT2D eigenvalue weighted by atomic mass is 10.0. The summed E-state index contributed by atoms with van der Waals surface area (Å²) in [4.78, 5) is 34.3. The molecule has 47 heavy (non-hydrogen) atoms. The Kier molecular flexibility index (Phi) is 10.3. The van der Waals surface area contributed by atoms with Crippen LogP contribution in [0, 0.1) is 0 Å². The van der Waals surface area contributed by atoms with Gasteiger partial charge < -0.3 is 24.4 Å². The zero-order chi connectivity index (χ0) is 33.7. The second-order valence-corrected chi connectivity index (χ2v) is 13.1. The number of nitrogens with one attached hydrogen (secondary N) is 1. The van der Waals surface area contributed by atoms with Crippen molar-refractivity contribution in [1.29, 1.82) is 0 Å². The fourth-order valence-electron chi connectivity index (χ4n) is 6.15. The molecule has 11 nitrogen and oxygen atoms in total. The van der Waals surface area contributed by atoms with Crippen molar-refractivity contribution < 1.29 is 23.8 Å². The van der Waals surface area contributed by atoms with Crippen molar-refractivity contribution in [1.82, 2.24) is 24.6 Å². The maximum Gasteiger partial charge on any atom is 0.411 e. The number of hydrogen-bond donors (Lipinski definition) is 1. The smallest absolute Gasteiger partial charge is 0.411 e. The average Bonchev–Trinajstić information content (AvgIpc) is 3.60. The summed E-state index contributed by atoms with van der Waals surface area (Å²) < 4.78 is 17.8. The molecule has 1 amide bonds. The monoisotopic (exact) mass is 642 g/mol. The van der Waals surface area contributed by atoms with Crippen LogP contribution in [0.15, 0.2) is 60.7 Å². The first-order chi connectivity index (χ1) is 22.5. The Balaban J connectivity index is 1.30. The van der Waals surface area contributed by atoms with E-state index in [4.69, 9.17) is 24.3 Å². The number of fused-ring (bicyclic) bond motifs is 1. The highest BCUT2D eigenvalue weighted by molar-refractivity contribution is 5.96. The van der Waals surface area contributed by atoms with Gasteiger partial charge in [-0.25, -0.2) is 14.6 Å². The molecule has 1 aliphatic rings. The van der Waals surface area contributed by atoms with Gasteiger partial charge in [0.2, 0.25) is 0 Å². The fourth-order valence-corrected chi connectivity index (χ4v) is 6.15. The molecule has 11 heteroatoms. The van der Waals surface area contributed by atoms with Crippen molar-refractivity contribution in [2.75, 3.05) is 39.7 Å². The van der Waals surface area contributed by atoms with E-state index >= 15 is 0 Å². The number of aryl methyl sites for hydroxylation is 2. The number of amides is 1. The molecule has 0 bridgehead atoms. The number of ether oxygens (including phenoxy) is 3. The molecule has 0 spiro atoms. The highest BCUT2D eigenvalue weighted by atomic mass is 16.6. The third-order valence-corrected chi connectivity index (χ3v) is 8.32. The number of carbonyl (C=O) groups is 2. The summed E-state index contributed by atoms with van der Waals surface area (Å²) >= 11 is 0.